The topological polar surface area (TPSA) is 64.1 Å². The molecule has 29 heavy (non-hydrogen) atoms. The van der Waals surface area contributed by atoms with E-state index in [1.165, 1.54) is 42.3 Å². The van der Waals surface area contributed by atoms with Crippen molar-refractivity contribution in [2.24, 2.45) is 5.73 Å². The lowest BCUT2D eigenvalue weighted by Gasteiger charge is -2.15. The molecule has 1 heterocycles. The van der Waals surface area contributed by atoms with Crippen LogP contribution in [0.1, 0.15) is 37.3 Å². The molecule has 0 aliphatic heterocycles. The number of fused-ring (bicyclic) bond motifs is 1. The highest BCUT2D eigenvalue weighted by Gasteiger charge is 2.24. The summed E-state index contributed by atoms with van der Waals surface area (Å²) in [6, 6.07) is 22.6. The lowest BCUT2D eigenvalue weighted by Crippen LogP contribution is -2.07. The summed E-state index contributed by atoms with van der Waals surface area (Å²) >= 11 is 0. The summed E-state index contributed by atoms with van der Waals surface area (Å²) in [7, 11) is 0. The molecule has 0 atom stereocenters. The van der Waals surface area contributed by atoms with Gasteiger partial charge in [0.25, 0.3) is 0 Å². The Morgan fingerprint density at radius 1 is 0.897 bits per heavy atom. The molecule has 1 saturated carbocycles. The number of hydrogen-bond donors (Lipinski definition) is 2. The first-order valence-corrected chi connectivity index (χ1v) is 10.4. The van der Waals surface area contributed by atoms with Crippen LogP contribution in [-0.4, -0.2) is 14.9 Å². The van der Waals surface area contributed by atoms with Crippen molar-refractivity contribution < 1.29 is 5.11 Å². The second-order valence-electron chi connectivity index (χ2n) is 7.84. The zero-order valence-corrected chi connectivity index (χ0v) is 16.4. The van der Waals surface area contributed by atoms with Gasteiger partial charge in [-0.15, -0.1) is 0 Å². The average molecular weight is 383 g/mol. The molecule has 0 amide bonds. The van der Waals surface area contributed by atoms with Crippen LogP contribution in [-0.2, 0) is 6.54 Å². The van der Waals surface area contributed by atoms with E-state index in [0.29, 0.717) is 12.6 Å². The van der Waals surface area contributed by atoms with E-state index in [1.807, 2.05) is 18.2 Å². The predicted molar refractivity (Wildman–Crippen MR) is 118 cm³/mol. The molecule has 0 unspecified atom stereocenters. The third-order valence-corrected chi connectivity index (χ3v) is 6.07. The third kappa shape index (κ3) is 3.10. The third-order valence-electron chi connectivity index (χ3n) is 6.07. The van der Waals surface area contributed by atoms with E-state index in [2.05, 4.69) is 41.1 Å². The molecule has 1 aliphatic carbocycles. The van der Waals surface area contributed by atoms with E-state index < -0.39 is 0 Å². The molecule has 1 aromatic heterocycles. The highest BCUT2D eigenvalue weighted by atomic mass is 16.3. The van der Waals surface area contributed by atoms with Crippen LogP contribution >= 0.6 is 0 Å². The van der Waals surface area contributed by atoms with Crippen molar-refractivity contribution in [1.29, 1.82) is 0 Å². The number of para-hydroxylation sites is 1. The summed E-state index contributed by atoms with van der Waals surface area (Å²) in [6.07, 6.45) is 4.83. The largest absolute Gasteiger partial charge is 0.508 e. The van der Waals surface area contributed by atoms with Gasteiger partial charge < -0.3 is 10.8 Å². The fraction of sp³-hybridized carbons (Fsp3) is 0.240. The highest BCUT2D eigenvalue weighted by molar-refractivity contribution is 6.02. The van der Waals surface area contributed by atoms with Crippen LogP contribution in [0.4, 0.5) is 0 Å². The normalized spacial score (nSPS) is 14.7. The Kier molecular flexibility index (Phi) is 4.57. The van der Waals surface area contributed by atoms with Crippen molar-refractivity contribution in [2.45, 2.75) is 38.3 Å². The maximum absolute atomic E-state index is 9.71. The van der Waals surface area contributed by atoms with Crippen molar-refractivity contribution >= 4 is 10.9 Å². The minimum atomic E-state index is 0.269. The molecule has 4 nitrogen and oxygen atoms in total. The number of phenols is 1. The molecule has 0 saturated heterocycles. The molecule has 4 heteroatoms. The van der Waals surface area contributed by atoms with Crippen LogP contribution in [0, 0.1) is 0 Å². The average Bonchev–Trinajstić information content (AvgIpc) is 3.42. The minimum absolute atomic E-state index is 0.269. The van der Waals surface area contributed by atoms with Gasteiger partial charge in [-0.1, -0.05) is 55.3 Å². The standard InChI is InChI=1S/C25H25N3O/c26-16-18-6-1-4-9-21(18)22-10-5-11-23-24(17-12-14-20(29)15-13-17)27-28(25(22)23)19-7-2-3-8-19/h1,4-6,9-15,19,29H,2-3,7-8,16,26H2. The van der Waals surface area contributed by atoms with E-state index in [0.717, 1.165) is 22.2 Å². The van der Waals surface area contributed by atoms with E-state index in [4.69, 9.17) is 10.8 Å². The quantitative estimate of drug-likeness (QED) is 0.479. The second kappa shape index (κ2) is 7.37. The first-order chi connectivity index (χ1) is 14.3. The van der Waals surface area contributed by atoms with Gasteiger partial charge in [0.1, 0.15) is 11.4 Å². The zero-order chi connectivity index (χ0) is 19.8. The fourth-order valence-electron chi connectivity index (χ4n) is 4.62. The van der Waals surface area contributed by atoms with Gasteiger partial charge >= 0.3 is 0 Å². The summed E-state index contributed by atoms with van der Waals surface area (Å²) in [5, 5.41) is 16.0. The molecule has 5 rings (SSSR count). The van der Waals surface area contributed by atoms with Crippen molar-refractivity contribution in [3.05, 3.63) is 72.3 Å². The number of nitrogens with two attached hydrogens (primary N) is 1. The van der Waals surface area contributed by atoms with Gasteiger partial charge in [-0.05, 0) is 48.2 Å². The lowest BCUT2D eigenvalue weighted by atomic mass is 9.96. The summed E-state index contributed by atoms with van der Waals surface area (Å²) in [5.41, 5.74) is 12.7. The fourth-order valence-corrected chi connectivity index (χ4v) is 4.62. The highest BCUT2D eigenvalue weighted by Crippen LogP contribution is 2.40. The van der Waals surface area contributed by atoms with Crippen LogP contribution in [0.2, 0.25) is 0 Å². The van der Waals surface area contributed by atoms with Crippen molar-refractivity contribution in [1.82, 2.24) is 9.78 Å². The number of aromatic nitrogens is 2. The van der Waals surface area contributed by atoms with Gasteiger partial charge in [0.05, 0.1) is 11.6 Å². The number of phenolic OH excluding ortho intramolecular Hbond substituents is 1. The predicted octanol–water partition coefficient (Wildman–Crippen LogP) is 5.65. The number of benzene rings is 3. The van der Waals surface area contributed by atoms with Gasteiger partial charge in [-0.3, -0.25) is 4.68 Å². The van der Waals surface area contributed by atoms with Crippen molar-refractivity contribution in [3.63, 3.8) is 0 Å². The molecule has 1 aliphatic rings. The van der Waals surface area contributed by atoms with Crippen LogP contribution in [0.25, 0.3) is 33.3 Å². The number of hydrogen-bond acceptors (Lipinski definition) is 3. The minimum Gasteiger partial charge on any atom is -0.508 e. The molecule has 0 bridgehead atoms. The van der Waals surface area contributed by atoms with Gasteiger partial charge in [0.2, 0.25) is 0 Å². The maximum atomic E-state index is 9.71. The SMILES string of the molecule is NCc1ccccc1-c1cccc2c(-c3ccc(O)cc3)nn(C3CCCC3)c12. The van der Waals surface area contributed by atoms with Crippen LogP contribution in [0.5, 0.6) is 5.75 Å². The summed E-state index contributed by atoms with van der Waals surface area (Å²) in [4.78, 5) is 0. The summed E-state index contributed by atoms with van der Waals surface area (Å²) in [5.74, 6) is 0.269. The van der Waals surface area contributed by atoms with E-state index in [-0.39, 0.29) is 5.75 Å². The van der Waals surface area contributed by atoms with Crippen LogP contribution < -0.4 is 5.73 Å². The number of nitrogens with zero attached hydrogens (tertiary/aromatic N) is 2. The van der Waals surface area contributed by atoms with Gasteiger partial charge in [-0.2, -0.15) is 5.10 Å². The van der Waals surface area contributed by atoms with Gasteiger partial charge in [0, 0.05) is 23.1 Å². The Morgan fingerprint density at radius 3 is 2.38 bits per heavy atom. The Labute approximate surface area is 170 Å². The Morgan fingerprint density at radius 2 is 1.62 bits per heavy atom. The molecular formula is C25H25N3O. The molecule has 4 aromatic rings. The van der Waals surface area contributed by atoms with E-state index in [1.54, 1.807) is 12.1 Å². The molecule has 0 radical (unpaired) electrons. The Hall–Kier alpha value is -3.11. The van der Waals surface area contributed by atoms with Crippen molar-refractivity contribution in [3.8, 4) is 28.1 Å². The van der Waals surface area contributed by atoms with Crippen LogP contribution in [0.3, 0.4) is 0 Å². The molecule has 3 aromatic carbocycles. The second-order valence-corrected chi connectivity index (χ2v) is 7.84. The summed E-state index contributed by atoms with van der Waals surface area (Å²) < 4.78 is 2.26. The summed E-state index contributed by atoms with van der Waals surface area (Å²) in [6.45, 7) is 0.509. The zero-order valence-electron chi connectivity index (χ0n) is 16.4. The van der Waals surface area contributed by atoms with Crippen LogP contribution in [0.15, 0.2) is 66.7 Å². The molecular weight excluding hydrogens is 358 g/mol. The molecule has 3 N–H and O–H groups in total. The number of aromatic hydroxyl groups is 1. The maximum Gasteiger partial charge on any atom is 0.115 e. The Bertz CT molecular complexity index is 1150. The lowest BCUT2D eigenvalue weighted by molar-refractivity contribution is 0.475. The number of rotatable bonds is 4. The van der Waals surface area contributed by atoms with E-state index >= 15 is 0 Å². The molecule has 1 fully saturated rings. The monoisotopic (exact) mass is 383 g/mol. The molecule has 146 valence electrons. The van der Waals surface area contributed by atoms with Gasteiger partial charge in [-0.25, -0.2) is 0 Å². The van der Waals surface area contributed by atoms with Crippen molar-refractivity contribution in [2.75, 3.05) is 0 Å². The van der Waals surface area contributed by atoms with E-state index in [9.17, 15) is 5.11 Å². The first kappa shape index (κ1) is 18.0. The smallest absolute Gasteiger partial charge is 0.115 e. The first-order valence-electron chi connectivity index (χ1n) is 10.4. The Balaban J connectivity index is 1.80. The van der Waals surface area contributed by atoms with Gasteiger partial charge in [0.15, 0.2) is 0 Å². The molecule has 0 spiro atoms.